The van der Waals surface area contributed by atoms with Crippen LogP contribution in [0.25, 0.3) is 0 Å². The number of hydrogen-bond acceptors (Lipinski definition) is 3. The van der Waals surface area contributed by atoms with E-state index >= 15 is 0 Å². The Balaban J connectivity index is 1.88. The van der Waals surface area contributed by atoms with Crippen molar-refractivity contribution in [1.29, 1.82) is 0 Å². The molecule has 21 heavy (non-hydrogen) atoms. The molecular formula is C16H20ClN3O. The van der Waals surface area contributed by atoms with Crippen LogP contribution >= 0.6 is 11.6 Å². The van der Waals surface area contributed by atoms with Gasteiger partial charge < -0.3 is 10.0 Å². The van der Waals surface area contributed by atoms with Gasteiger partial charge in [-0.3, -0.25) is 4.68 Å². The summed E-state index contributed by atoms with van der Waals surface area (Å²) in [6, 6.07) is 6.12. The summed E-state index contributed by atoms with van der Waals surface area (Å²) in [6.45, 7) is 6.62. The zero-order valence-corrected chi connectivity index (χ0v) is 13.2. The lowest BCUT2D eigenvalue weighted by Gasteiger charge is -2.20. The second-order valence-corrected chi connectivity index (χ2v) is 5.98. The summed E-state index contributed by atoms with van der Waals surface area (Å²) >= 11 is 6.13. The maximum Gasteiger partial charge on any atom is 0.0646 e. The van der Waals surface area contributed by atoms with Gasteiger partial charge >= 0.3 is 0 Å². The van der Waals surface area contributed by atoms with E-state index in [-0.39, 0.29) is 6.61 Å². The first kappa shape index (κ1) is 14.4. The number of aliphatic hydroxyl groups excluding tert-OH is 1. The van der Waals surface area contributed by atoms with Crippen LogP contribution in [0.3, 0.4) is 0 Å². The largest absolute Gasteiger partial charge is 0.394 e. The molecule has 4 nitrogen and oxygen atoms in total. The molecule has 0 aliphatic carbocycles. The molecule has 1 N–H and O–H groups in total. The Morgan fingerprint density at radius 2 is 2.14 bits per heavy atom. The maximum absolute atomic E-state index is 9.10. The summed E-state index contributed by atoms with van der Waals surface area (Å²) in [5, 5.41) is 14.4. The molecule has 1 aliphatic heterocycles. The molecule has 0 radical (unpaired) electrons. The molecule has 0 saturated heterocycles. The number of halogens is 1. The molecule has 2 heterocycles. The van der Waals surface area contributed by atoms with Crippen LogP contribution in [0.2, 0.25) is 5.02 Å². The van der Waals surface area contributed by atoms with E-state index in [4.69, 9.17) is 16.7 Å². The molecule has 0 amide bonds. The Labute approximate surface area is 130 Å². The highest BCUT2D eigenvalue weighted by Crippen LogP contribution is 2.32. The van der Waals surface area contributed by atoms with E-state index in [0.29, 0.717) is 6.54 Å². The zero-order valence-electron chi connectivity index (χ0n) is 12.4. The van der Waals surface area contributed by atoms with Gasteiger partial charge in [0, 0.05) is 35.1 Å². The number of fused-ring (bicyclic) bond motifs is 1. The van der Waals surface area contributed by atoms with Gasteiger partial charge in [0.15, 0.2) is 0 Å². The lowest BCUT2D eigenvalue weighted by Crippen LogP contribution is -2.20. The molecule has 0 unspecified atom stereocenters. The van der Waals surface area contributed by atoms with Crippen LogP contribution in [0.5, 0.6) is 0 Å². The van der Waals surface area contributed by atoms with Crippen LogP contribution < -0.4 is 4.90 Å². The molecule has 2 aromatic rings. The van der Waals surface area contributed by atoms with Crippen LogP contribution in [0, 0.1) is 13.8 Å². The zero-order chi connectivity index (χ0) is 15.0. The van der Waals surface area contributed by atoms with Crippen molar-refractivity contribution in [3.8, 4) is 0 Å². The molecule has 1 aromatic carbocycles. The standard InChI is InChI=1S/C16H20ClN3O/c1-11-15(12(2)20(18-11)7-8-21)10-19-6-5-13-3-4-14(17)9-16(13)19/h3-4,9,21H,5-8,10H2,1-2H3. The molecule has 0 saturated carbocycles. The third kappa shape index (κ3) is 2.65. The second-order valence-electron chi connectivity index (χ2n) is 5.54. The van der Waals surface area contributed by atoms with E-state index in [0.717, 1.165) is 35.9 Å². The van der Waals surface area contributed by atoms with Crippen molar-refractivity contribution in [2.24, 2.45) is 0 Å². The summed E-state index contributed by atoms with van der Waals surface area (Å²) in [5.74, 6) is 0. The monoisotopic (exact) mass is 305 g/mol. The van der Waals surface area contributed by atoms with Crippen molar-refractivity contribution < 1.29 is 5.11 Å². The van der Waals surface area contributed by atoms with Crippen LogP contribution in [0.1, 0.15) is 22.5 Å². The number of aromatic nitrogens is 2. The Bertz CT molecular complexity index is 666. The number of aryl methyl sites for hydroxylation is 1. The van der Waals surface area contributed by atoms with Crippen molar-refractivity contribution in [2.45, 2.75) is 33.4 Å². The quantitative estimate of drug-likeness (QED) is 0.944. The van der Waals surface area contributed by atoms with E-state index in [1.807, 2.05) is 23.7 Å². The molecular weight excluding hydrogens is 286 g/mol. The number of benzene rings is 1. The number of rotatable bonds is 4. The van der Waals surface area contributed by atoms with Crippen LogP contribution in [-0.2, 0) is 19.5 Å². The van der Waals surface area contributed by atoms with Gasteiger partial charge in [-0.1, -0.05) is 17.7 Å². The van der Waals surface area contributed by atoms with Crippen molar-refractivity contribution in [3.63, 3.8) is 0 Å². The fraction of sp³-hybridized carbons (Fsp3) is 0.438. The molecule has 0 atom stereocenters. The van der Waals surface area contributed by atoms with Crippen LogP contribution in [0.4, 0.5) is 5.69 Å². The summed E-state index contributed by atoms with van der Waals surface area (Å²) in [4.78, 5) is 2.36. The summed E-state index contributed by atoms with van der Waals surface area (Å²) in [7, 11) is 0. The van der Waals surface area contributed by atoms with E-state index in [9.17, 15) is 0 Å². The lowest BCUT2D eigenvalue weighted by atomic mass is 10.1. The van der Waals surface area contributed by atoms with E-state index < -0.39 is 0 Å². The Morgan fingerprint density at radius 3 is 2.90 bits per heavy atom. The van der Waals surface area contributed by atoms with Crippen molar-refractivity contribution >= 4 is 17.3 Å². The minimum atomic E-state index is 0.115. The highest BCUT2D eigenvalue weighted by atomic mass is 35.5. The minimum absolute atomic E-state index is 0.115. The van der Waals surface area contributed by atoms with Crippen LogP contribution in [0.15, 0.2) is 18.2 Å². The molecule has 5 heteroatoms. The topological polar surface area (TPSA) is 41.3 Å². The van der Waals surface area contributed by atoms with E-state index in [1.54, 1.807) is 0 Å². The highest BCUT2D eigenvalue weighted by molar-refractivity contribution is 6.30. The first-order valence-corrected chi connectivity index (χ1v) is 7.65. The van der Waals surface area contributed by atoms with Gasteiger partial charge in [-0.25, -0.2) is 0 Å². The number of hydrogen-bond donors (Lipinski definition) is 1. The van der Waals surface area contributed by atoms with Gasteiger partial charge in [0.1, 0.15) is 0 Å². The van der Waals surface area contributed by atoms with E-state index in [2.05, 4.69) is 23.0 Å². The molecule has 0 spiro atoms. The van der Waals surface area contributed by atoms with Gasteiger partial charge in [0.05, 0.1) is 18.8 Å². The highest BCUT2D eigenvalue weighted by Gasteiger charge is 2.22. The van der Waals surface area contributed by atoms with Gasteiger partial charge in [-0.05, 0) is 38.0 Å². The first-order valence-electron chi connectivity index (χ1n) is 7.27. The normalized spacial score (nSPS) is 13.8. The van der Waals surface area contributed by atoms with Gasteiger partial charge in [0.2, 0.25) is 0 Å². The number of aliphatic hydroxyl groups is 1. The predicted molar refractivity (Wildman–Crippen MR) is 85.0 cm³/mol. The van der Waals surface area contributed by atoms with Crippen molar-refractivity contribution in [2.75, 3.05) is 18.1 Å². The number of nitrogens with zero attached hydrogens (tertiary/aromatic N) is 3. The molecule has 0 bridgehead atoms. The second kappa shape index (κ2) is 5.70. The average molecular weight is 306 g/mol. The fourth-order valence-corrected chi connectivity index (χ4v) is 3.22. The molecule has 3 rings (SSSR count). The van der Waals surface area contributed by atoms with Gasteiger partial charge in [0.25, 0.3) is 0 Å². The average Bonchev–Trinajstić information content (AvgIpc) is 2.96. The Hall–Kier alpha value is -1.52. The molecule has 1 aliphatic rings. The van der Waals surface area contributed by atoms with Crippen LogP contribution in [-0.4, -0.2) is 28.0 Å². The molecule has 0 fully saturated rings. The number of anilines is 1. The molecule has 112 valence electrons. The lowest BCUT2D eigenvalue weighted by molar-refractivity contribution is 0.268. The Kier molecular flexibility index (Phi) is 3.91. The van der Waals surface area contributed by atoms with Crippen molar-refractivity contribution in [1.82, 2.24) is 9.78 Å². The third-order valence-corrected chi connectivity index (χ3v) is 4.47. The maximum atomic E-state index is 9.10. The summed E-state index contributed by atoms with van der Waals surface area (Å²) in [6.07, 6.45) is 1.06. The fourth-order valence-electron chi connectivity index (χ4n) is 3.05. The van der Waals surface area contributed by atoms with Gasteiger partial charge in [-0.15, -0.1) is 0 Å². The smallest absolute Gasteiger partial charge is 0.0646 e. The minimum Gasteiger partial charge on any atom is -0.394 e. The van der Waals surface area contributed by atoms with Crippen molar-refractivity contribution in [3.05, 3.63) is 45.7 Å². The third-order valence-electron chi connectivity index (χ3n) is 4.23. The predicted octanol–water partition coefficient (Wildman–Crippen LogP) is 2.71. The molecule has 1 aromatic heterocycles. The van der Waals surface area contributed by atoms with E-state index in [1.165, 1.54) is 16.8 Å². The first-order chi connectivity index (χ1) is 10.1. The SMILES string of the molecule is Cc1nn(CCO)c(C)c1CN1CCc2ccc(Cl)cc21. The summed E-state index contributed by atoms with van der Waals surface area (Å²) in [5.41, 5.74) is 6.01. The summed E-state index contributed by atoms with van der Waals surface area (Å²) < 4.78 is 1.89. The van der Waals surface area contributed by atoms with Gasteiger partial charge in [-0.2, -0.15) is 5.10 Å². The Morgan fingerprint density at radius 1 is 1.33 bits per heavy atom.